The Hall–Kier alpha value is -2.09. The van der Waals surface area contributed by atoms with Gasteiger partial charge in [-0.2, -0.15) is 13.2 Å². The molecule has 3 rings (SSSR count). The summed E-state index contributed by atoms with van der Waals surface area (Å²) in [6, 6.07) is 4.79. The van der Waals surface area contributed by atoms with Crippen molar-refractivity contribution >= 4 is 11.9 Å². The fourth-order valence-electron chi connectivity index (χ4n) is 4.00. The number of hydrogen-bond donors (Lipinski definition) is 1. The predicted octanol–water partition coefficient (Wildman–Crippen LogP) is 3.15. The number of rotatable bonds is 4. The van der Waals surface area contributed by atoms with Gasteiger partial charge >= 0.3 is 12.1 Å². The summed E-state index contributed by atoms with van der Waals surface area (Å²) in [5, 5.41) is 9.66. The van der Waals surface area contributed by atoms with Crippen LogP contribution < -0.4 is 0 Å². The van der Waals surface area contributed by atoms with E-state index in [1.807, 2.05) is 0 Å². The van der Waals surface area contributed by atoms with Gasteiger partial charge in [0.15, 0.2) is 0 Å². The van der Waals surface area contributed by atoms with Crippen LogP contribution in [0.1, 0.15) is 36.8 Å². The minimum Gasteiger partial charge on any atom is -0.481 e. The molecule has 0 aromatic heterocycles. The van der Waals surface area contributed by atoms with E-state index in [9.17, 15) is 27.9 Å². The van der Waals surface area contributed by atoms with Crippen molar-refractivity contribution < 1.29 is 32.6 Å². The number of nitrogens with zero attached hydrogens (tertiary/aromatic N) is 1. The summed E-state index contributed by atoms with van der Waals surface area (Å²) in [6.45, 7) is 2.97. The first kappa shape index (κ1) is 19.7. The Bertz CT molecular complexity index is 719. The van der Waals surface area contributed by atoms with Gasteiger partial charge in [0.25, 0.3) is 0 Å². The van der Waals surface area contributed by atoms with Gasteiger partial charge < -0.3 is 14.7 Å². The van der Waals surface area contributed by atoms with Gasteiger partial charge in [-0.25, -0.2) is 0 Å². The number of benzene rings is 1. The minimum atomic E-state index is -4.39. The van der Waals surface area contributed by atoms with Gasteiger partial charge in [0.1, 0.15) is 0 Å². The summed E-state index contributed by atoms with van der Waals surface area (Å²) in [5.74, 6) is -1.58. The number of ether oxygens (including phenoxy) is 1. The second-order valence-corrected chi connectivity index (χ2v) is 7.48. The smallest absolute Gasteiger partial charge is 0.416 e. The van der Waals surface area contributed by atoms with E-state index >= 15 is 0 Å². The van der Waals surface area contributed by atoms with Crippen LogP contribution >= 0.6 is 0 Å². The van der Waals surface area contributed by atoms with Crippen molar-refractivity contribution in [2.75, 3.05) is 26.3 Å². The molecule has 0 aliphatic carbocycles. The van der Waals surface area contributed by atoms with Crippen molar-refractivity contribution in [3.8, 4) is 0 Å². The molecule has 2 aliphatic rings. The van der Waals surface area contributed by atoms with Crippen molar-refractivity contribution in [2.45, 2.75) is 31.9 Å². The van der Waals surface area contributed by atoms with Crippen LogP contribution in [0.2, 0.25) is 0 Å². The minimum absolute atomic E-state index is 0.120. The fourth-order valence-corrected chi connectivity index (χ4v) is 4.00. The maximum atomic E-state index is 12.7. The first-order valence-corrected chi connectivity index (χ1v) is 8.89. The lowest BCUT2D eigenvalue weighted by Gasteiger charge is -2.33. The zero-order valence-electron chi connectivity index (χ0n) is 15.0. The van der Waals surface area contributed by atoms with Gasteiger partial charge in [0.05, 0.1) is 17.6 Å². The summed E-state index contributed by atoms with van der Waals surface area (Å²) in [7, 11) is 0. The molecule has 1 N–H and O–H groups in total. The van der Waals surface area contributed by atoms with Crippen molar-refractivity contribution in [1.82, 2.24) is 4.90 Å². The molecule has 1 unspecified atom stereocenters. The maximum Gasteiger partial charge on any atom is 0.416 e. The van der Waals surface area contributed by atoms with E-state index in [1.54, 1.807) is 11.8 Å². The molecule has 148 valence electrons. The zero-order valence-corrected chi connectivity index (χ0v) is 15.0. The average molecular weight is 385 g/mol. The van der Waals surface area contributed by atoms with Gasteiger partial charge in [0.2, 0.25) is 5.91 Å². The first-order chi connectivity index (χ1) is 12.6. The van der Waals surface area contributed by atoms with E-state index in [0.29, 0.717) is 31.7 Å². The Morgan fingerprint density at radius 3 is 2.56 bits per heavy atom. The number of fused-ring (bicyclic) bond motifs is 1. The highest BCUT2D eigenvalue weighted by molar-refractivity contribution is 5.81. The van der Waals surface area contributed by atoms with Crippen LogP contribution in [0.3, 0.4) is 0 Å². The van der Waals surface area contributed by atoms with Crippen LogP contribution in [0.4, 0.5) is 13.2 Å². The molecule has 3 atom stereocenters. The molecule has 27 heavy (non-hydrogen) atoms. The average Bonchev–Trinajstić information content (AvgIpc) is 3.02. The van der Waals surface area contributed by atoms with Gasteiger partial charge in [-0.05, 0) is 30.0 Å². The number of aliphatic carboxylic acids is 1. The van der Waals surface area contributed by atoms with E-state index in [4.69, 9.17) is 4.74 Å². The lowest BCUT2D eigenvalue weighted by atomic mass is 9.74. The number of halogens is 3. The Labute approximate surface area is 155 Å². The highest BCUT2D eigenvalue weighted by Gasteiger charge is 2.54. The van der Waals surface area contributed by atoms with E-state index in [0.717, 1.165) is 12.1 Å². The van der Waals surface area contributed by atoms with Crippen molar-refractivity contribution in [3.63, 3.8) is 0 Å². The SMILES string of the molecule is CC(CC(=O)N1C[C@H]2COCC[C@@]2(C(=O)O)C1)c1ccc(C(F)(F)F)cc1. The molecule has 5 nitrogen and oxygen atoms in total. The summed E-state index contributed by atoms with van der Waals surface area (Å²) in [5.41, 5.74) is -1.04. The second kappa shape index (κ2) is 7.14. The molecule has 1 amide bonds. The molecule has 0 bridgehead atoms. The van der Waals surface area contributed by atoms with Gasteiger partial charge in [-0.3, -0.25) is 9.59 Å². The van der Waals surface area contributed by atoms with Gasteiger partial charge in [-0.15, -0.1) is 0 Å². The van der Waals surface area contributed by atoms with Crippen molar-refractivity contribution in [2.24, 2.45) is 11.3 Å². The van der Waals surface area contributed by atoms with Gasteiger partial charge in [0, 0.05) is 32.0 Å². The molecule has 0 spiro atoms. The molecule has 1 aromatic rings. The highest BCUT2D eigenvalue weighted by Crippen LogP contribution is 2.43. The van der Waals surface area contributed by atoms with Crippen LogP contribution in [-0.2, 0) is 20.5 Å². The van der Waals surface area contributed by atoms with E-state index in [-0.39, 0.29) is 30.7 Å². The topological polar surface area (TPSA) is 66.8 Å². The Morgan fingerprint density at radius 1 is 1.33 bits per heavy atom. The zero-order chi connectivity index (χ0) is 19.8. The molecule has 1 aromatic carbocycles. The van der Waals surface area contributed by atoms with Crippen LogP contribution in [0.5, 0.6) is 0 Å². The molecule has 0 radical (unpaired) electrons. The standard InChI is InChI=1S/C19H22F3NO4/c1-12(13-2-4-14(5-3-13)19(20,21)22)8-16(24)23-9-15-10-27-7-6-18(15,11-23)17(25)26/h2-5,12,15H,6-11H2,1H3,(H,25,26)/t12?,15-,18+/m0/s1. The number of amides is 1. The van der Waals surface area contributed by atoms with Crippen molar-refractivity contribution in [1.29, 1.82) is 0 Å². The van der Waals surface area contributed by atoms with Crippen LogP contribution in [0.25, 0.3) is 0 Å². The predicted molar refractivity (Wildman–Crippen MR) is 90.1 cm³/mol. The number of likely N-dealkylation sites (tertiary alicyclic amines) is 1. The third kappa shape index (κ3) is 3.81. The lowest BCUT2D eigenvalue weighted by Crippen LogP contribution is -2.45. The Morgan fingerprint density at radius 2 is 2.00 bits per heavy atom. The van der Waals surface area contributed by atoms with Crippen molar-refractivity contribution in [3.05, 3.63) is 35.4 Å². The molecule has 2 heterocycles. The van der Waals surface area contributed by atoms with Crippen LogP contribution in [0.15, 0.2) is 24.3 Å². The molecular weight excluding hydrogens is 363 g/mol. The monoisotopic (exact) mass is 385 g/mol. The number of hydrogen-bond acceptors (Lipinski definition) is 3. The number of carboxylic acids is 1. The molecule has 2 aliphatic heterocycles. The third-order valence-corrected chi connectivity index (χ3v) is 5.77. The molecule has 2 saturated heterocycles. The second-order valence-electron chi connectivity index (χ2n) is 7.48. The Kier molecular flexibility index (Phi) is 5.20. The molecule has 0 saturated carbocycles. The van der Waals surface area contributed by atoms with Crippen LogP contribution in [0, 0.1) is 11.3 Å². The van der Waals surface area contributed by atoms with E-state index < -0.39 is 23.1 Å². The summed E-state index contributed by atoms with van der Waals surface area (Å²) >= 11 is 0. The Balaban J connectivity index is 1.66. The highest BCUT2D eigenvalue weighted by atomic mass is 19.4. The summed E-state index contributed by atoms with van der Waals surface area (Å²) in [6.07, 6.45) is -3.89. The molecular formula is C19H22F3NO4. The number of alkyl halides is 3. The molecule has 8 heteroatoms. The number of carboxylic acid groups (broad SMARTS) is 1. The fraction of sp³-hybridized carbons (Fsp3) is 0.579. The van der Waals surface area contributed by atoms with Crippen LogP contribution in [-0.4, -0.2) is 48.2 Å². The largest absolute Gasteiger partial charge is 0.481 e. The maximum absolute atomic E-state index is 12.7. The number of carbonyl (C=O) groups excluding carboxylic acids is 1. The third-order valence-electron chi connectivity index (χ3n) is 5.77. The lowest BCUT2D eigenvalue weighted by molar-refractivity contribution is -0.157. The van der Waals surface area contributed by atoms with E-state index in [1.165, 1.54) is 12.1 Å². The summed E-state index contributed by atoms with van der Waals surface area (Å²) in [4.78, 5) is 26.0. The number of carbonyl (C=O) groups is 2. The van der Waals surface area contributed by atoms with E-state index in [2.05, 4.69) is 0 Å². The first-order valence-electron chi connectivity index (χ1n) is 8.89. The molecule has 2 fully saturated rings. The normalized spacial score (nSPS) is 26.5. The van der Waals surface area contributed by atoms with Gasteiger partial charge in [-0.1, -0.05) is 19.1 Å². The summed E-state index contributed by atoms with van der Waals surface area (Å²) < 4.78 is 43.4. The quantitative estimate of drug-likeness (QED) is 0.865.